The van der Waals surface area contributed by atoms with Crippen LogP contribution >= 0.6 is 0 Å². The highest BCUT2D eigenvalue weighted by Gasteiger charge is 1.92. The molecule has 2 nitrogen and oxygen atoms in total. The van der Waals surface area contributed by atoms with E-state index in [0.29, 0.717) is 6.54 Å². The Morgan fingerprint density at radius 1 is 1.67 bits per heavy atom. The fraction of sp³-hybridized carbons (Fsp3) is 0.429. The number of rotatable bonds is 2. The van der Waals surface area contributed by atoms with Crippen LogP contribution in [0, 0.1) is 0 Å². The van der Waals surface area contributed by atoms with Gasteiger partial charge in [0.05, 0.1) is 0 Å². The third kappa shape index (κ3) is 1.33. The molecule has 9 heavy (non-hydrogen) atoms. The molecule has 0 amide bonds. The second-order valence-corrected chi connectivity index (χ2v) is 2.11. The SMILES string of the molecule is Cn1cccc1CC[NH]. The second kappa shape index (κ2) is 2.69. The quantitative estimate of drug-likeness (QED) is 0.558. The van der Waals surface area contributed by atoms with Gasteiger partial charge in [-0.1, -0.05) is 0 Å². The Hall–Kier alpha value is -0.760. The van der Waals surface area contributed by atoms with E-state index in [4.69, 9.17) is 5.73 Å². The summed E-state index contributed by atoms with van der Waals surface area (Å²) in [5.74, 6) is 0. The Kier molecular flexibility index (Phi) is 1.90. The molecule has 0 bridgehead atoms. The smallest absolute Gasteiger partial charge is 0.0184 e. The van der Waals surface area contributed by atoms with Crippen molar-refractivity contribution in [2.45, 2.75) is 6.42 Å². The molecule has 0 spiro atoms. The Labute approximate surface area is 55.3 Å². The molecule has 0 aliphatic carbocycles. The van der Waals surface area contributed by atoms with Gasteiger partial charge in [0.25, 0.3) is 0 Å². The van der Waals surface area contributed by atoms with E-state index in [1.54, 1.807) is 0 Å². The molecule has 1 N–H and O–H groups in total. The fourth-order valence-corrected chi connectivity index (χ4v) is 0.884. The molecule has 0 saturated carbocycles. The van der Waals surface area contributed by atoms with Gasteiger partial charge in [0.2, 0.25) is 0 Å². The molecule has 0 aliphatic heterocycles. The van der Waals surface area contributed by atoms with Gasteiger partial charge < -0.3 is 4.57 Å². The largest absolute Gasteiger partial charge is 0.354 e. The van der Waals surface area contributed by atoms with E-state index < -0.39 is 0 Å². The summed E-state index contributed by atoms with van der Waals surface area (Å²) < 4.78 is 2.05. The topological polar surface area (TPSA) is 28.7 Å². The van der Waals surface area contributed by atoms with Crippen LogP contribution < -0.4 is 5.73 Å². The van der Waals surface area contributed by atoms with E-state index >= 15 is 0 Å². The van der Waals surface area contributed by atoms with Crippen molar-refractivity contribution in [3.8, 4) is 0 Å². The average molecular weight is 123 g/mol. The monoisotopic (exact) mass is 123 g/mol. The van der Waals surface area contributed by atoms with Crippen molar-refractivity contribution in [2.75, 3.05) is 6.54 Å². The van der Waals surface area contributed by atoms with Gasteiger partial charge in [-0.2, -0.15) is 0 Å². The van der Waals surface area contributed by atoms with Crippen LogP contribution in [0.5, 0.6) is 0 Å². The summed E-state index contributed by atoms with van der Waals surface area (Å²) in [6, 6.07) is 4.06. The summed E-state index contributed by atoms with van der Waals surface area (Å²) in [5, 5.41) is 0. The first-order valence-corrected chi connectivity index (χ1v) is 3.09. The molecule has 1 heterocycles. The molecule has 2 heteroatoms. The Morgan fingerprint density at radius 3 is 2.89 bits per heavy atom. The average Bonchev–Trinajstić information content (AvgIpc) is 2.18. The van der Waals surface area contributed by atoms with E-state index in [-0.39, 0.29) is 0 Å². The normalized spacial score (nSPS) is 10.0. The molecular formula is C7H11N2. The van der Waals surface area contributed by atoms with E-state index in [9.17, 15) is 0 Å². The highest BCUT2D eigenvalue weighted by atomic mass is 14.9. The maximum Gasteiger partial charge on any atom is 0.0184 e. The Morgan fingerprint density at radius 2 is 2.44 bits per heavy atom. The summed E-state index contributed by atoms with van der Waals surface area (Å²) in [7, 11) is 2.00. The van der Waals surface area contributed by atoms with Gasteiger partial charge in [-0.3, -0.25) is 5.73 Å². The molecule has 0 unspecified atom stereocenters. The molecule has 1 rings (SSSR count). The molecule has 0 saturated heterocycles. The molecule has 1 radical (unpaired) electrons. The van der Waals surface area contributed by atoms with Crippen molar-refractivity contribution in [1.29, 1.82) is 0 Å². The second-order valence-electron chi connectivity index (χ2n) is 2.11. The number of hydrogen-bond acceptors (Lipinski definition) is 0. The highest BCUT2D eigenvalue weighted by molar-refractivity contribution is 5.06. The van der Waals surface area contributed by atoms with E-state index in [0.717, 1.165) is 6.42 Å². The summed E-state index contributed by atoms with van der Waals surface area (Å²) in [5.41, 5.74) is 8.20. The van der Waals surface area contributed by atoms with E-state index in [2.05, 4.69) is 10.6 Å². The molecular weight excluding hydrogens is 112 g/mol. The van der Waals surface area contributed by atoms with Crippen molar-refractivity contribution in [3.05, 3.63) is 24.0 Å². The minimum Gasteiger partial charge on any atom is -0.354 e. The van der Waals surface area contributed by atoms with Gasteiger partial charge in [-0.15, -0.1) is 0 Å². The lowest BCUT2D eigenvalue weighted by Gasteiger charge is -1.97. The zero-order valence-electron chi connectivity index (χ0n) is 5.59. The van der Waals surface area contributed by atoms with E-state index in [1.807, 2.05) is 19.3 Å². The van der Waals surface area contributed by atoms with Gasteiger partial charge in [0.1, 0.15) is 0 Å². The molecule has 1 aromatic heterocycles. The number of nitrogens with zero attached hydrogens (tertiary/aromatic N) is 1. The number of aryl methyl sites for hydroxylation is 1. The lowest BCUT2D eigenvalue weighted by Crippen LogP contribution is -1.98. The fourth-order valence-electron chi connectivity index (χ4n) is 0.884. The van der Waals surface area contributed by atoms with Crippen molar-refractivity contribution >= 4 is 0 Å². The van der Waals surface area contributed by atoms with Crippen LogP contribution in [0.4, 0.5) is 0 Å². The number of nitrogens with one attached hydrogen (secondary N) is 1. The predicted octanol–water partition coefficient (Wildman–Crippen LogP) is 0.850. The van der Waals surface area contributed by atoms with Crippen LogP contribution in [0.15, 0.2) is 18.3 Å². The maximum atomic E-state index is 6.96. The molecule has 0 fully saturated rings. The number of aromatic nitrogens is 1. The first-order valence-electron chi connectivity index (χ1n) is 3.09. The third-order valence-corrected chi connectivity index (χ3v) is 1.43. The standard InChI is InChI=1S/C7H11N2/c1-9-6-2-3-7(9)4-5-8/h2-3,6,8H,4-5H2,1H3. The Bertz CT molecular complexity index is 179. The van der Waals surface area contributed by atoms with Crippen molar-refractivity contribution in [3.63, 3.8) is 0 Å². The van der Waals surface area contributed by atoms with Gasteiger partial charge in [0, 0.05) is 31.9 Å². The van der Waals surface area contributed by atoms with Crippen LogP contribution in [0.1, 0.15) is 5.69 Å². The summed E-state index contributed by atoms with van der Waals surface area (Å²) in [4.78, 5) is 0. The molecule has 1 aromatic rings. The number of hydrogen-bond donors (Lipinski definition) is 0. The summed E-state index contributed by atoms with van der Waals surface area (Å²) >= 11 is 0. The summed E-state index contributed by atoms with van der Waals surface area (Å²) in [6.07, 6.45) is 2.87. The first kappa shape index (κ1) is 6.36. The minimum atomic E-state index is 0.484. The maximum absolute atomic E-state index is 6.96. The lowest BCUT2D eigenvalue weighted by atomic mass is 10.3. The third-order valence-electron chi connectivity index (χ3n) is 1.43. The molecule has 49 valence electrons. The van der Waals surface area contributed by atoms with Crippen LogP contribution in [-0.4, -0.2) is 11.1 Å². The van der Waals surface area contributed by atoms with Crippen molar-refractivity contribution < 1.29 is 0 Å². The Balaban J connectivity index is 2.69. The molecule has 0 aromatic carbocycles. The van der Waals surface area contributed by atoms with Crippen molar-refractivity contribution in [1.82, 2.24) is 10.3 Å². The van der Waals surface area contributed by atoms with Gasteiger partial charge in [0.15, 0.2) is 0 Å². The van der Waals surface area contributed by atoms with Crippen LogP contribution in [0.3, 0.4) is 0 Å². The van der Waals surface area contributed by atoms with E-state index in [1.165, 1.54) is 5.69 Å². The van der Waals surface area contributed by atoms with Gasteiger partial charge >= 0.3 is 0 Å². The lowest BCUT2D eigenvalue weighted by molar-refractivity contribution is 0.799. The minimum absolute atomic E-state index is 0.484. The van der Waals surface area contributed by atoms with Crippen LogP contribution in [0.25, 0.3) is 0 Å². The van der Waals surface area contributed by atoms with Crippen LogP contribution in [-0.2, 0) is 13.5 Å². The first-order chi connectivity index (χ1) is 4.34. The van der Waals surface area contributed by atoms with Crippen LogP contribution in [0.2, 0.25) is 0 Å². The molecule has 0 aliphatic rings. The predicted molar refractivity (Wildman–Crippen MR) is 37.1 cm³/mol. The van der Waals surface area contributed by atoms with Crippen molar-refractivity contribution in [2.24, 2.45) is 7.05 Å². The molecule has 0 atom stereocenters. The zero-order chi connectivity index (χ0) is 6.69. The zero-order valence-corrected chi connectivity index (χ0v) is 5.59. The van der Waals surface area contributed by atoms with Gasteiger partial charge in [-0.25, -0.2) is 0 Å². The summed E-state index contributed by atoms with van der Waals surface area (Å²) in [6.45, 7) is 0.484. The highest BCUT2D eigenvalue weighted by Crippen LogP contribution is 1.98. The van der Waals surface area contributed by atoms with Gasteiger partial charge in [-0.05, 0) is 12.1 Å².